The summed E-state index contributed by atoms with van der Waals surface area (Å²) in [6, 6.07) is 13.7. The van der Waals surface area contributed by atoms with Crippen LogP contribution in [-0.4, -0.2) is 37.1 Å². The Labute approximate surface area is 148 Å². The largest absolute Gasteiger partial charge is 0.496 e. The number of methoxy groups -OCH3 is 1. The number of para-hydroxylation sites is 1. The molecule has 0 bridgehead atoms. The molecule has 0 unspecified atom stereocenters. The second-order valence-corrected chi connectivity index (χ2v) is 5.86. The van der Waals surface area contributed by atoms with Gasteiger partial charge in [0.1, 0.15) is 16.8 Å². The Morgan fingerprint density at radius 1 is 1.04 bits per heavy atom. The summed E-state index contributed by atoms with van der Waals surface area (Å²) in [5, 5.41) is 12.6. The van der Waals surface area contributed by atoms with E-state index in [0.29, 0.717) is 5.82 Å². The SMILES string of the molecule is COc1ccccc1-c1ncc2c(cnn2-c2ccc3cn[nH]c3c2)n1. The van der Waals surface area contributed by atoms with Gasteiger partial charge in [0, 0.05) is 5.39 Å². The van der Waals surface area contributed by atoms with Crippen molar-refractivity contribution in [1.82, 2.24) is 29.9 Å². The van der Waals surface area contributed by atoms with E-state index in [-0.39, 0.29) is 0 Å². The van der Waals surface area contributed by atoms with Crippen LogP contribution in [-0.2, 0) is 0 Å². The lowest BCUT2D eigenvalue weighted by Gasteiger charge is -2.07. The first kappa shape index (κ1) is 14.6. The van der Waals surface area contributed by atoms with E-state index in [1.165, 1.54) is 0 Å². The van der Waals surface area contributed by atoms with Gasteiger partial charge in [0.25, 0.3) is 0 Å². The van der Waals surface area contributed by atoms with Crippen LogP contribution in [0.25, 0.3) is 39.0 Å². The van der Waals surface area contributed by atoms with E-state index < -0.39 is 0 Å². The quantitative estimate of drug-likeness (QED) is 0.544. The van der Waals surface area contributed by atoms with E-state index in [1.54, 1.807) is 25.7 Å². The van der Waals surface area contributed by atoms with Crippen LogP contribution in [0.15, 0.2) is 61.1 Å². The Bertz CT molecular complexity index is 1240. The first-order valence-electron chi connectivity index (χ1n) is 8.11. The Morgan fingerprint density at radius 3 is 2.88 bits per heavy atom. The molecule has 0 amide bonds. The van der Waals surface area contributed by atoms with E-state index in [2.05, 4.69) is 25.3 Å². The van der Waals surface area contributed by atoms with Gasteiger partial charge in [-0.1, -0.05) is 12.1 Å². The van der Waals surface area contributed by atoms with Crippen LogP contribution in [0, 0.1) is 0 Å². The van der Waals surface area contributed by atoms with Crippen molar-refractivity contribution in [2.45, 2.75) is 0 Å². The van der Waals surface area contributed by atoms with Crippen molar-refractivity contribution in [3.05, 3.63) is 61.1 Å². The van der Waals surface area contributed by atoms with Gasteiger partial charge in [-0.2, -0.15) is 10.2 Å². The number of nitrogens with one attached hydrogen (secondary N) is 1. The number of fused-ring (bicyclic) bond motifs is 2. The average molecular weight is 342 g/mol. The third-order valence-corrected chi connectivity index (χ3v) is 4.34. The Balaban J connectivity index is 1.63. The van der Waals surface area contributed by atoms with E-state index in [9.17, 15) is 0 Å². The van der Waals surface area contributed by atoms with Crippen LogP contribution in [0.4, 0.5) is 0 Å². The summed E-state index contributed by atoms with van der Waals surface area (Å²) in [6.07, 6.45) is 5.32. The zero-order valence-electron chi connectivity index (χ0n) is 13.9. The first-order chi connectivity index (χ1) is 12.8. The topological polar surface area (TPSA) is 81.5 Å². The molecule has 7 nitrogen and oxygen atoms in total. The van der Waals surface area contributed by atoms with E-state index in [4.69, 9.17) is 4.74 Å². The maximum absolute atomic E-state index is 5.41. The average Bonchev–Trinajstić information content (AvgIpc) is 3.33. The van der Waals surface area contributed by atoms with Crippen LogP contribution in [0.1, 0.15) is 0 Å². The number of ether oxygens (including phenoxy) is 1. The van der Waals surface area contributed by atoms with Gasteiger partial charge in [-0.3, -0.25) is 5.10 Å². The van der Waals surface area contributed by atoms with Crippen molar-refractivity contribution in [3.63, 3.8) is 0 Å². The minimum atomic E-state index is 0.610. The second-order valence-electron chi connectivity index (χ2n) is 5.86. The van der Waals surface area contributed by atoms with Gasteiger partial charge in [0.2, 0.25) is 0 Å². The molecule has 5 aromatic rings. The van der Waals surface area contributed by atoms with Crippen molar-refractivity contribution in [2.24, 2.45) is 0 Å². The molecule has 0 fully saturated rings. The fourth-order valence-corrected chi connectivity index (χ4v) is 3.04. The molecule has 0 aliphatic carbocycles. The second kappa shape index (κ2) is 5.66. The molecule has 0 saturated heterocycles. The monoisotopic (exact) mass is 342 g/mol. The molecule has 0 aliphatic heterocycles. The lowest BCUT2D eigenvalue weighted by molar-refractivity contribution is 0.416. The summed E-state index contributed by atoms with van der Waals surface area (Å²) >= 11 is 0. The van der Waals surface area contributed by atoms with Crippen molar-refractivity contribution in [3.8, 4) is 22.8 Å². The van der Waals surface area contributed by atoms with Crippen LogP contribution >= 0.6 is 0 Å². The summed E-state index contributed by atoms with van der Waals surface area (Å²) in [5.41, 5.74) is 4.33. The maximum Gasteiger partial charge on any atom is 0.163 e. The molecule has 7 heteroatoms. The van der Waals surface area contributed by atoms with E-state index >= 15 is 0 Å². The number of H-pyrrole nitrogens is 1. The van der Waals surface area contributed by atoms with Crippen molar-refractivity contribution < 1.29 is 4.74 Å². The molecule has 126 valence electrons. The summed E-state index contributed by atoms with van der Waals surface area (Å²) < 4.78 is 7.23. The summed E-state index contributed by atoms with van der Waals surface area (Å²) in [5.74, 6) is 1.35. The van der Waals surface area contributed by atoms with Gasteiger partial charge in [-0.05, 0) is 30.3 Å². The molecule has 3 heterocycles. The molecule has 1 N–H and O–H groups in total. The molecule has 26 heavy (non-hydrogen) atoms. The Morgan fingerprint density at radius 2 is 1.96 bits per heavy atom. The highest BCUT2D eigenvalue weighted by atomic mass is 16.5. The maximum atomic E-state index is 5.41. The van der Waals surface area contributed by atoms with Crippen molar-refractivity contribution in [1.29, 1.82) is 0 Å². The summed E-state index contributed by atoms with van der Waals surface area (Å²) in [7, 11) is 1.64. The molecule has 2 aromatic carbocycles. The zero-order chi connectivity index (χ0) is 17.5. The van der Waals surface area contributed by atoms with Gasteiger partial charge in [0.15, 0.2) is 5.82 Å². The third-order valence-electron chi connectivity index (χ3n) is 4.34. The molecule has 0 aliphatic rings. The normalized spacial score (nSPS) is 11.3. The van der Waals surface area contributed by atoms with Gasteiger partial charge < -0.3 is 4.74 Å². The van der Waals surface area contributed by atoms with Crippen LogP contribution in [0.2, 0.25) is 0 Å². The van der Waals surface area contributed by atoms with Crippen molar-refractivity contribution >= 4 is 21.9 Å². The van der Waals surface area contributed by atoms with Gasteiger partial charge in [0.05, 0.1) is 42.5 Å². The molecule has 5 rings (SSSR count). The molecule has 0 saturated carbocycles. The number of nitrogens with zero attached hydrogens (tertiary/aromatic N) is 5. The fourth-order valence-electron chi connectivity index (χ4n) is 3.04. The zero-order valence-corrected chi connectivity index (χ0v) is 13.9. The number of hydrogen-bond donors (Lipinski definition) is 1. The molecular weight excluding hydrogens is 328 g/mol. The Hall–Kier alpha value is -3.74. The molecule has 0 spiro atoms. The highest BCUT2D eigenvalue weighted by Gasteiger charge is 2.12. The highest BCUT2D eigenvalue weighted by molar-refractivity contribution is 5.82. The van der Waals surface area contributed by atoms with Crippen LogP contribution in [0.5, 0.6) is 5.75 Å². The first-order valence-corrected chi connectivity index (χ1v) is 8.11. The van der Waals surface area contributed by atoms with E-state index in [1.807, 2.05) is 47.1 Å². The molecule has 0 radical (unpaired) electrons. The number of aromatic amines is 1. The molecule has 3 aromatic heterocycles. The number of aromatic nitrogens is 6. The molecular formula is C19H14N6O. The van der Waals surface area contributed by atoms with Gasteiger partial charge in [-0.15, -0.1) is 0 Å². The smallest absolute Gasteiger partial charge is 0.163 e. The minimum absolute atomic E-state index is 0.610. The molecule has 0 atom stereocenters. The predicted molar refractivity (Wildman–Crippen MR) is 98.3 cm³/mol. The van der Waals surface area contributed by atoms with Crippen molar-refractivity contribution in [2.75, 3.05) is 7.11 Å². The number of benzene rings is 2. The third kappa shape index (κ3) is 2.21. The fraction of sp³-hybridized carbons (Fsp3) is 0.0526. The van der Waals surface area contributed by atoms with Crippen LogP contribution < -0.4 is 4.74 Å². The Kier molecular flexibility index (Phi) is 3.18. The lowest BCUT2D eigenvalue weighted by Crippen LogP contribution is -1.97. The minimum Gasteiger partial charge on any atom is -0.496 e. The van der Waals surface area contributed by atoms with E-state index in [0.717, 1.165) is 38.9 Å². The van der Waals surface area contributed by atoms with Gasteiger partial charge >= 0.3 is 0 Å². The number of rotatable bonds is 3. The lowest BCUT2D eigenvalue weighted by atomic mass is 10.2. The standard InChI is InChI=1S/C19H14N6O/c1-26-18-5-3-2-4-14(18)19-20-11-17-16(23-19)10-22-25(17)13-7-6-12-9-21-24-15(12)8-13/h2-11H,1H3,(H,21,24). The highest BCUT2D eigenvalue weighted by Crippen LogP contribution is 2.28. The van der Waals surface area contributed by atoms with Crippen LogP contribution in [0.3, 0.4) is 0 Å². The summed E-state index contributed by atoms with van der Waals surface area (Å²) in [6.45, 7) is 0. The number of hydrogen-bond acceptors (Lipinski definition) is 5. The predicted octanol–water partition coefficient (Wildman–Crippen LogP) is 3.37. The summed E-state index contributed by atoms with van der Waals surface area (Å²) in [4.78, 5) is 9.18. The van der Waals surface area contributed by atoms with Gasteiger partial charge in [-0.25, -0.2) is 14.6 Å².